The molecular weight excluding hydrogens is 312 g/mol. The summed E-state index contributed by atoms with van der Waals surface area (Å²) in [5, 5.41) is 0.505. The predicted molar refractivity (Wildman–Crippen MR) is 89.3 cm³/mol. The third kappa shape index (κ3) is 3.64. The number of halogens is 1. The Morgan fingerprint density at radius 3 is 2.91 bits per heavy atom. The minimum Gasteiger partial charge on any atom is -0.445 e. The van der Waals surface area contributed by atoms with Crippen LogP contribution >= 0.6 is 11.6 Å². The average molecular weight is 331 g/mol. The van der Waals surface area contributed by atoms with E-state index >= 15 is 0 Å². The molecule has 1 aromatic carbocycles. The molecule has 5 heteroatoms. The second-order valence-corrected chi connectivity index (χ2v) is 6.13. The van der Waals surface area contributed by atoms with E-state index in [0.29, 0.717) is 18.3 Å². The van der Waals surface area contributed by atoms with Gasteiger partial charge in [0.25, 0.3) is 0 Å². The van der Waals surface area contributed by atoms with E-state index in [0.717, 1.165) is 29.5 Å². The van der Waals surface area contributed by atoms with E-state index in [1.54, 1.807) is 11.1 Å². The van der Waals surface area contributed by atoms with Gasteiger partial charge in [-0.15, -0.1) is 0 Å². The van der Waals surface area contributed by atoms with Gasteiger partial charge in [0, 0.05) is 12.7 Å². The van der Waals surface area contributed by atoms with Gasteiger partial charge in [-0.1, -0.05) is 41.9 Å². The summed E-state index contributed by atoms with van der Waals surface area (Å²) in [7, 11) is 0. The minimum atomic E-state index is -0.274. The maximum Gasteiger partial charge on any atom is 0.410 e. The zero-order valence-corrected chi connectivity index (χ0v) is 13.8. The first-order valence-corrected chi connectivity index (χ1v) is 8.12. The van der Waals surface area contributed by atoms with Crippen molar-refractivity contribution in [2.24, 2.45) is 0 Å². The molecule has 0 unspecified atom stereocenters. The van der Waals surface area contributed by atoms with Gasteiger partial charge in [-0.3, -0.25) is 0 Å². The first-order valence-electron chi connectivity index (χ1n) is 7.74. The quantitative estimate of drug-likeness (QED) is 0.777. The fraction of sp³-hybridized carbons (Fsp3) is 0.333. The Hall–Kier alpha value is -2.07. The van der Waals surface area contributed by atoms with Crippen LogP contribution in [0.5, 0.6) is 0 Å². The fourth-order valence-electron chi connectivity index (χ4n) is 2.90. The normalized spacial score (nSPS) is 17.3. The van der Waals surface area contributed by atoms with Gasteiger partial charge in [-0.25, -0.2) is 9.78 Å². The van der Waals surface area contributed by atoms with Crippen molar-refractivity contribution in [3.63, 3.8) is 0 Å². The van der Waals surface area contributed by atoms with Crippen LogP contribution in [-0.4, -0.2) is 22.5 Å². The van der Waals surface area contributed by atoms with Gasteiger partial charge < -0.3 is 9.64 Å². The maximum atomic E-state index is 12.4. The van der Waals surface area contributed by atoms with Crippen LogP contribution in [0.3, 0.4) is 0 Å². The molecule has 1 amide bonds. The number of aryl methyl sites for hydroxylation is 1. The Kier molecular flexibility index (Phi) is 4.82. The average Bonchev–Trinajstić information content (AvgIpc) is 3.06. The van der Waals surface area contributed by atoms with Crippen molar-refractivity contribution < 1.29 is 9.53 Å². The molecule has 1 atom stereocenters. The first-order chi connectivity index (χ1) is 11.1. The largest absolute Gasteiger partial charge is 0.445 e. The molecule has 1 aliphatic rings. The number of ether oxygens (including phenoxy) is 1. The topological polar surface area (TPSA) is 42.4 Å². The van der Waals surface area contributed by atoms with Crippen molar-refractivity contribution in [3.8, 4) is 0 Å². The van der Waals surface area contributed by atoms with Gasteiger partial charge in [-0.2, -0.15) is 0 Å². The molecule has 2 aromatic rings. The molecule has 0 N–H and O–H groups in total. The van der Waals surface area contributed by atoms with Crippen molar-refractivity contribution in [2.45, 2.75) is 32.4 Å². The van der Waals surface area contributed by atoms with E-state index < -0.39 is 0 Å². The smallest absolute Gasteiger partial charge is 0.410 e. The molecule has 0 bridgehead atoms. The van der Waals surface area contributed by atoms with Crippen LogP contribution in [0.25, 0.3) is 0 Å². The zero-order valence-electron chi connectivity index (χ0n) is 13.0. The van der Waals surface area contributed by atoms with Crippen LogP contribution in [0.1, 0.15) is 35.6 Å². The third-order valence-corrected chi connectivity index (χ3v) is 4.51. The number of rotatable bonds is 3. The van der Waals surface area contributed by atoms with E-state index in [1.807, 2.05) is 43.3 Å². The van der Waals surface area contributed by atoms with Crippen molar-refractivity contribution in [1.29, 1.82) is 0 Å². The number of likely N-dealkylation sites (tertiary alicyclic amines) is 1. The van der Waals surface area contributed by atoms with Gasteiger partial charge in [0.15, 0.2) is 0 Å². The molecule has 1 aromatic heterocycles. The predicted octanol–water partition coefficient (Wildman–Crippen LogP) is 4.52. The molecule has 1 aliphatic heterocycles. The van der Waals surface area contributed by atoms with E-state index in [-0.39, 0.29) is 12.1 Å². The molecule has 3 rings (SSSR count). The second-order valence-electron chi connectivity index (χ2n) is 5.77. The molecule has 1 saturated heterocycles. The van der Waals surface area contributed by atoms with Crippen LogP contribution in [-0.2, 0) is 11.3 Å². The minimum absolute atomic E-state index is 0.0155. The molecular formula is C18H19ClN2O2. The molecule has 2 heterocycles. The van der Waals surface area contributed by atoms with Gasteiger partial charge in [0.1, 0.15) is 11.8 Å². The number of benzene rings is 1. The lowest BCUT2D eigenvalue weighted by molar-refractivity contribution is 0.0920. The molecule has 0 spiro atoms. The molecule has 120 valence electrons. The number of hydrogen-bond donors (Lipinski definition) is 0. The highest BCUT2D eigenvalue weighted by molar-refractivity contribution is 6.30. The molecule has 0 aliphatic carbocycles. The number of nitrogens with zero attached hydrogens (tertiary/aromatic N) is 2. The van der Waals surface area contributed by atoms with E-state index in [9.17, 15) is 4.79 Å². The van der Waals surface area contributed by atoms with Crippen molar-refractivity contribution in [3.05, 3.63) is 64.4 Å². The Labute approximate surface area is 141 Å². The molecule has 1 fully saturated rings. The Morgan fingerprint density at radius 2 is 2.17 bits per heavy atom. The number of aromatic nitrogens is 1. The molecule has 0 radical (unpaired) electrons. The molecule has 23 heavy (non-hydrogen) atoms. The first kappa shape index (κ1) is 15.8. The van der Waals surface area contributed by atoms with E-state index in [2.05, 4.69) is 4.98 Å². The summed E-state index contributed by atoms with van der Waals surface area (Å²) in [5.41, 5.74) is 2.93. The number of carbonyl (C=O) groups excluding carboxylic acids is 1. The Morgan fingerprint density at radius 1 is 1.39 bits per heavy atom. The highest BCUT2D eigenvalue weighted by Crippen LogP contribution is 2.33. The van der Waals surface area contributed by atoms with Gasteiger partial charge in [0.2, 0.25) is 0 Å². The van der Waals surface area contributed by atoms with Crippen LogP contribution in [0.2, 0.25) is 5.15 Å². The SMILES string of the molecule is Cc1cc([C@@H]2CCCN2C(=O)OCc2ccccc2)cnc1Cl. The number of amides is 1. The van der Waals surface area contributed by atoms with Gasteiger partial charge in [0.05, 0.1) is 6.04 Å². The number of carbonyl (C=O) groups is 1. The van der Waals surface area contributed by atoms with Gasteiger partial charge >= 0.3 is 6.09 Å². The van der Waals surface area contributed by atoms with E-state index in [4.69, 9.17) is 16.3 Å². The zero-order chi connectivity index (χ0) is 16.2. The molecule has 0 saturated carbocycles. The summed E-state index contributed by atoms with van der Waals surface area (Å²) >= 11 is 5.99. The highest BCUT2D eigenvalue weighted by Gasteiger charge is 2.31. The summed E-state index contributed by atoms with van der Waals surface area (Å²) in [5.74, 6) is 0. The van der Waals surface area contributed by atoms with Crippen LogP contribution in [0, 0.1) is 6.92 Å². The van der Waals surface area contributed by atoms with E-state index in [1.165, 1.54) is 0 Å². The summed E-state index contributed by atoms with van der Waals surface area (Å²) in [6.07, 6.45) is 3.36. The van der Waals surface area contributed by atoms with Crippen LogP contribution in [0.4, 0.5) is 4.79 Å². The van der Waals surface area contributed by atoms with Crippen molar-refractivity contribution >= 4 is 17.7 Å². The standard InChI is InChI=1S/C18H19ClN2O2/c1-13-10-15(11-20-17(13)19)16-8-5-9-21(16)18(22)23-12-14-6-3-2-4-7-14/h2-4,6-7,10-11,16H,5,8-9,12H2,1H3/t16-/m0/s1. The maximum absolute atomic E-state index is 12.4. The van der Waals surface area contributed by atoms with Crippen LogP contribution < -0.4 is 0 Å². The highest BCUT2D eigenvalue weighted by atomic mass is 35.5. The van der Waals surface area contributed by atoms with Crippen molar-refractivity contribution in [2.75, 3.05) is 6.54 Å². The number of hydrogen-bond acceptors (Lipinski definition) is 3. The Bertz CT molecular complexity index is 691. The summed E-state index contributed by atoms with van der Waals surface area (Å²) in [6.45, 7) is 2.92. The summed E-state index contributed by atoms with van der Waals surface area (Å²) < 4.78 is 5.46. The van der Waals surface area contributed by atoms with Gasteiger partial charge in [-0.05, 0) is 42.5 Å². The van der Waals surface area contributed by atoms with Crippen molar-refractivity contribution in [1.82, 2.24) is 9.88 Å². The lowest BCUT2D eigenvalue weighted by Gasteiger charge is -2.24. The lowest BCUT2D eigenvalue weighted by Crippen LogP contribution is -2.31. The fourth-order valence-corrected chi connectivity index (χ4v) is 3.00. The Balaban J connectivity index is 1.68. The lowest BCUT2D eigenvalue weighted by atomic mass is 10.1. The summed E-state index contributed by atoms with van der Waals surface area (Å²) in [6, 6.07) is 11.7. The number of pyridine rings is 1. The molecule has 4 nitrogen and oxygen atoms in total. The van der Waals surface area contributed by atoms with Crippen LogP contribution in [0.15, 0.2) is 42.6 Å². The third-order valence-electron chi connectivity index (χ3n) is 4.11. The monoisotopic (exact) mass is 330 g/mol. The second kappa shape index (κ2) is 7.01. The summed E-state index contributed by atoms with van der Waals surface area (Å²) in [4.78, 5) is 18.4.